The first-order chi connectivity index (χ1) is 11.4. The highest BCUT2D eigenvalue weighted by molar-refractivity contribution is 7.88. The molecule has 0 saturated carbocycles. The van der Waals surface area contributed by atoms with Gasteiger partial charge in [0.25, 0.3) is 0 Å². The van der Waals surface area contributed by atoms with E-state index < -0.39 is 10.0 Å². The van der Waals surface area contributed by atoms with Crippen LogP contribution in [0.5, 0.6) is 0 Å². The average Bonchev–Trinajstić information content (AvgIpc) is 2.71. The zero-order chi connectivity index (χ0) is 17.3. The standard InChI is InChI=1S/C18H20N2O3S/c1-19(24(2,22)23)13-18(21)20-11-14-7-3-5-9-16(14)17-10-6-4-8-15(17)12-20/h3-10H,11-13H2,1-2H3. The van der Waals surface area contributed by atoms with Crippen LogP contribution in [0.25, 0.3) is 11.1 Å². The van der Waals surface area contributed by atoms with E-state index in [4.69, 9.17) is 0 Å². The predicted octanol–water partition coefficient (Wildman–Crippen LogP) is 2.09. The summed E-state index contributed by atoms with van der Waals surface area (Å²) in [4.78, 5) is 14.4. The molecule has 0 unspecified atom stereocenters. The van der Waals surface area contributed by atoms with Crippen molar-refractivity contribution in [2.75, 3.05) is 19.8 Å². The van der Waals surface area contributed by atoms with Crippen molar-refractivity contribution in [2.45, 2.75) is 13.1 Å². The van der Waals surface area contributed by atoms with E-state index in [0.29, 0.717) is 13.1 Å². The average molecular weight is 344 g/mol. The van der Waals surface area contributed by atoms with E-state index in [1.165, 1.54) is 7.05 Å². The van der Waals surface area contributed by atoms with Gasteiger partial charge in [-0.25, -0.2) is 8.42 Å². The molecule has 1 aliphatic heterocycles. The Morgan fingerprint density at radius 1 is 1.00 bits per heavy atom. The molecule has 1 aliphatic rings. The lowest BCUT2D eigenvalue weighted by Crippen LogP contribution is -2.39. The number of fused-ring (bicyclic) bond motifs is 3. The van der Waals surface area contributed by atoms with Gasteiger partial charge in [0.1, 0.15) is 0 Å². The minimum absolute atomic E-state index is 0.150. The molecule has 2 aromatic carbocycles. The fourth-order valence-electron chi connectivity index (χ4n) is 2.89. The van der Waals surface area contributed by atoms with Gasteiger partial charge in [0.15, 0.2) is 0 Å². The maximum Gasteiger partial charge on any atom is 0.238 e. The second kappa shape index (κ2) is 6.37. The molecule has 0 bridgehead atoms. The zero-order valence-electron chi connectivity index (χ0n) is 13.8. The van der Waals surface area contributed by atoms with Crippen molar-refractivity contribution in [1.82, 2.24) is 9.21 Å². The van der Waals surface area contributed by atoms with Crippen molar-refractivity contribution in [3.63, 3.8) is 0 Å². The fraction of sp³-hybridized carbons (Fsp3) is 0.278. The molecular weight excluding hydrogens is 324 g/mol. The molecule has 6 heteroatoms. The summed E-state index contributed by atoms with van der Waals surface area (Å²) in [5.74, 6) is -0.200. The number of sulfonamides is 1. The highest BCUT2D eigenvalue weighted by Gasteiger charge is 2.24. The van der Waals surface area contributed by atoms with E-state index in [2.05, 4.69) is 12.1 Å². The molecule has 0 aliphatic carbocycles. The third-order valence-electron chi connectivity index (χ3n) is 4.32. The number of rotatable bonds is 3. The Morgan fingerprint density at radius 3 is 1.92 bits per heavy atom. The molecule has 0 N–H and O–H groups in total. The summed E-state index contributed by atoms with van der Waals surface area (Å²) in [5.41, 5.74) is 4.38. The lowest BCUT2D eigenvalue weighted by atomic mass is 9.97. The Balaban J connectivity index is 1.94. The molecule has 0 saturated heterocycles. The van der Waals surface area contributed by atoms with Crippen LogP contribution in [0.1, 0.15) is 11.1 Å². The molecule has 0 radical (unpaired) electrons. The van der Waals surface area contributed by atoms with Gasteiger partial charge in [0.2, 0.25) is 15.9 Å². The lowest BCUT2D eigenvalue weighted by molar-refractivity contribution is -0.132. The number of carbonyl (C=O) groups excluding carboxylic acids is 1. The molecule has 3 rings (SSSR count). The van der Waals surface area contributed by atoms with Crippen molar-refractivity contribution in [3.05, 3.63) is 59.7 Å². The smallest absolute Gasteiger partial charge is 0.238 e. The number of amides is 1. The summed E-state index contributed by atoms with van der Waals surface area (Å²) >= 11 is 0. The molecule has 2 aromatic rings. The van der Waals surface area contributed by atoms with Crippen LogP contribution in [0.3, 0.4) is 0 Å². The van der Waals surface area contributed by atoms with Crippen molar-refractivity contribution >= 4 is 15.9 Å². The zero-order valence-corrected chi connectivity index (χ0v) is 14.6. The maximum absolute atomic E-state index is 12.6. The normalized spacial score (nSPS) is 14.0. The summed E-state index contributed by atoms with van der Waals surface area (Å²) in [6, 6.07) is 16.0. The van der Waals surface area contributed by atoms with Gasteiger partial charge in [0, 0.05) is 20.1 Å². The monoisotopic (exact) mass is 344 g/mol. The van der Waals surface area contributed by atoms with Crippen LogP contribution in [0.2, 0.25) is 0 Å². The first-order valence-electron chi connectivity index (χ1n) is 7.71. The predicted molar refractivity (Wildman–Crippen MR) is 93.6 cm³/mol. The highest BCUT2D eigenvalue weighted by atomic mass is 32.2. The lowest BCUT2D eigenvalue weighted by Gasteiger charge is -2.24. The second-order valence-corrected chi connectivity index (χ2v) is 8.17. The Hall–Kier alpha value is -2.18. The van der Waals surface area contributed by atoms with Crippen LogP contribution in [-0.2, 0) is 27.9 Å². The first kappa shape index (κ1) is 16.7. The molecule has 24 heavy (non-hydrogen) atoms. The quantitative estimate of drug-likeness (QED) is 0.857. The van der Waals surface area contributed by atoms with E-state index in [-0.39, 0.29) is 12.5 Å². The van der Waals surface area contributed by atoms with Crippen molar-refractivity contribution in [2.24, 2.45) is 0 Å². The molecule has 0 atom stereocenters. The van der Waals surface area contributed by atoms with Gasteiger partial charge in [-0.1, -0.05) is 48.5 Å². The van der Waals surface area contributed by atoms with Gasteiger partial charge in [-0.2, -0.15) is 4.31 Å². The van der Waals surface area contributed by atoms with Crippen molar-refractivity contribution in [1.29, 1.82) is 0 Å². The molecule has 1 amide bonds. The Kier molecular flexibility index (Phi) is 4.43. The molecular formula is C18H20N2O3S. The van der Waals surface area contributed by atoms with Gasteiger partial charge in [0.05, 0.1) is 12.8 Å². The number of benzene rings is 2. The minimum atomic E-state index is -3.38. The fourth-order valence-corrected chi connectivity index (χ4v) is 3.24. The number of carbonyl (C=O) groups is 1. The van der Waals surface area contributed by atoms with E-state index in [9.17, 15) is 13.2 Å². The Morgan fingerprint density at radius 2 is 1.46 bits per heavy atom. The van der Waals surface area contributed by atoms with Crippen LogP contribution in [-0.4, -0.2) is 43.4 Å². The molecule has 0 spiro atoms. The minimum Gasteiger partial charge on any atom is -0.333 e. The topological polar surface area (TPSA) is 57.7 Å². The van der Waals surface area contributed by atoms with E-state index in [1.807, 2.05) is 36.4 Å². The summed E-state index contributed by atoms with van der Waals surface area (Å²) in [7, 11) is -1.96. The van der Waals surface area contributed by atoms with Gasteiger partial charge in [-0.3, -0.25) is 4.79 Å². The van der Waals surface area contributed by atoms with E-state index in [1.54, 1.807) is 4.90 Å². The number of hydrogen-bond donors (Lipinski definition) is 0. The number of likely N-dealkylation sites (N-methyl/N-ethyl adjacent to an activating group) is 1. The highest BCUT2D eigenvalue weighted by Crippen LogP contribution is 2.32. The third kappa shape index (κ3) is 3.34. The van der Waals surface area contributed by atoms with Gasteiger partial charge >= 0.3 is 0 Å². The summed E-state index contributed by atoms with van der Waals surface area (Å²) in [5, 5.41) is 0. The van der Waals surface area contributed by atoms with E-state index in [0.717, 1.165) is 32.8 Å². The largest absolute Gasteiger partial charge is 0.333 e. The number of nitrogens with zero attached hydrogens (tertiary/aromatic N) is 2. The van der Waals surface area contributed by atoms with E-state index >= 15 is 0 Å². The number of hydrogen-bond acceptors (Lipinski definition) is 3. The Bertz CT molecular complexity index is 830. The van der Waals surface area contributed by atoms with Gasteiger partial charge in [-0.05, 0) is 22.3 Å². The second-order valence-electron chi connectivity index (χ2n) is 6.08. The van der Waals surface area contributed by atoms with Crippen LogP contribution in [0, 0.1) is 0 Å². The molecule has 126 valence electrons. The summed E-state index contributed by atoms with van der Waals surface area (Å²) in [6.07, 6.45) is 1.10. The Labute approximate surface area is 142 Å². The van der Waals surface area contributed by atoms with Crippen molar-refractivity contribution in [3.8, 4) is 11.1 Å². The third-order valence-corrected chi connectivity index (χ3v) is 5.59. The van der Waals surface area contributed by atoms with Gasteiger partial charge < -0.3 is 4.90 Å². The van der Waals surface area contributed by atoms with Crippen LogP contribution < -0.4 is 0 Å². The van der Waals surface area contributed by atoms with Crippen LogP contribution >= 0.6 is 0 Å². The first-order valence-corrected chi connectivity index (χ1v) is 9.56. The SMILES string of the molecule is CN(CC(=O)N1Cc2ccccc2-c2ccccc2C1)S(C)(=O)=O. The maximum atomic E-state index is 12.6. The van der Waals surface area contributed by atoms with Crippen LogP contribution in [0.15, 0.2) is 48.5 Å². The molecule has 5 nitrogen and oxygen atoms in total. The molecule has 0 fully saturated rings. The molecule has 0 aromatic heterocycles. The molecule has 1 heterocycles. The van der Waals surface area contributed by atoms with Crippen molar-refractivity contribution < 1.29 is 13.2 Å². The summed E-state index contributed by atoms with van der Waals surface area (Å²) in [6.45, 7) is 0.797. The van der Waals surface area contributed by atoms with Gasteiger partial charge in [-0.15, -0.1) is 0 Å². The summed E-state index contributed by atoms with van der Waals surface area (Å²) < 4.78 is 24.2. The van der Waals surface area contributed by atoms with Crippen LogP contribution in [0.4, 0.5) is 0 Å².